The van der Waals surface area contributed by atoms with Crippen molar-refractivity contribution in [2.45, 2.75) is 37.1 Å². The van der Waals surface area contributed by atoms with Crippen molar-refractivity contribution >= 4 is 11.4 Å². The SMILES string of the molecule is COc1cc(C2=C(OC3OC(CO)C(O)C(O)C3O)C(=O)c3c(O)cc(O)cc3C2)ccc1O. The third kappa shape index (κ3) is 4.04. The average molecular weight is 476 g/mol. The second-order valence-electron chi connectivity index (χ2n) is 8.01. The number of fused-ring (bicyclic) bond motifs is 1. The summed E-state index contributed by atoms with van der Waals surface area (Å²) in [7, 11) is 1.34. The van der Waals surface area contributed by atoms with Crippen molar-refractivity contribution < 1.29 is 54.8 Å². The average Bonchev–Trinajstić information content (AvgIpc) is 2.80. The Bertz CT molecular complexity index is 1140. The van der Waals surface area contributed by atoms with Crippen molar-refractivity contribution in [2.24, 2.45) is 0 Å². The molecule has 1 heterocycles. The fourth-order valence-corrected chi connectivity index (χ4v) is 4.10. The second kappa shape index (κ2) is 9.12. The van der Waals surface area contributed by atoms with Gasteiger partial charge < -0.3 is 50.0 Å². The van der Waals surface area contributed by atoms with Crippen LogP contribution in [-0.4, -0.2) is 86.0 Å². The van der Waals surface area contributed by atoms with Crippen LogP contribution in [0.4, 0.5) is 0 Å². The highest BCUT2D eigenvalue weighted by molar-refractivity contribution is 6.16. The van der Waals surface area contributed by atoms with E-state index >= 15 is 0 Å². The van der Waals surface area contributed by atoms with Gasteiger partial charge in [-0.15, -0.1) is 0 Å². The van der Waals surface area contributed by atoms with Crippen molar-refractivity contribution in [1.82, 2.24) is 0 Å². The van der Waals surface area contributed by atoms with E-state index in [1.54, 1.807) is 0 Å². The number of rotatable bonds is 5. The predicted molar refractivity (Wildman–Crippen MR) is 114 cm³/mol. The minimum Gasteiger partial charge on any atom is -0.508 e. The number of aromatic hydroxyl groups is 3. The van der Waals surface area contributed by atoms with Crippen molar-refractivity contribution in [3.63, 3.8) is 0 Å². The van der Waals surface area contributed by atoms with Gasteiger partial charge in [-0.3, -0.25) is 4.79 Å². The number of methoxy groups -OCH3 is 1. The molecule has 2 aromatic carbocycles. The minimum absolute atomic E-state index is 0.0102. The lowest BCUT2D eigenvalue weighted by Gasteiger charge is -2.40. The van der Waals surface area contributed by atoms with Gasteiger partial charge in [0, 0.05) is 18.1 Å². The lowest BCUT2D eigenvalue weighted by Crippen LogP contribution is -2.59. The summed E-state index contributed by atoms with van der Waals surface area (Å²) in [6.45, 7) is -0.692. The highest BCUT2D eigenvalue weighted by Crippen LogP contribution is 2.41. The van der Waals surface area contributed by atoms with Gasteiger partial charge in [-0.05, 0) is 29.3 Å². The minimum atomic E-state index is -1.77. The molecule has 0 aromatic heterocycles. The molecule has 34 heavy (non-hydrogen) atoms. The van der Waals surface area contributed by atoms with E-state index in [1.165, 1.54) is 31.4 Å². The Balaban J connectivity index is 1.83. The Labute approximate surface area is 193 Å². The van der Waals surface area contributed by atoms with E-state index in [2.05, 4.69) is 0 Å². The van der Waals surface area contributed by atoms with Gasteiger partial charge in [0.1, 0.15) is 35.9 Å². The number of aliphatic hydroxyl groups excluding tert-OH is 4. The molecule has 1 aliphatic heterocycles. The first kappa shape index (κ1) is 23.8. The number of benzene rings is 2. The normalized spacial score (nSPS) is 26.9. The molecule has 0 radical (unpaired) electrons. The van der Waals surface area contributed by atoms with E-state index in [0.717, 1.165) is 6.07 Å². The van der Waals surface area contributed by atoms with Crippen molar-refractivity contribution in [3.05, 3.63) is 52.8 Å². The summed E-state index contributed by atoms with van der Waals surface area (Å²) in [4.78, 5) is 13.4. The first-order valence-corrected chi connectivity index (χ1v) is 10.3. The van der Waals surface area contributed by atoms with Crippen LogP contribution in [-0.2, 0) is 15.9 Å². The van der Waals surface area contributed by atoms with E-state index in [0.29, 0.717) is 11.1 Å². The molecule has 7 N–H and O–H groups in total. The second-order valence-corrected chi connectivity index (χ2v) is 8.01. The number of carbonyl (C=O) groups is 1. The van der Waals surface area contributed by atoms with Crippen LogP contribution in [0.1, 0.15) is 21.5 Å². The van der Waals surface area contributed by atoms with Gasteiger partial charge in [-0.25, -0.2) is 0 Å². The molecule has 0 amide bonds. The Hall–Kier alpha value is -3.35. The van der Waals surface area contributed by atoms with Crippen LogP contribution in [0.25, 0.3) is 5.57 Å². The summed E-state index contributed by atoms with van der Waals surface area (Å²) in [5.41, 5.74) is 0.798. The smallest absolute Gasteiger partial charge is 0.232 e. The summed E-state index contributed by atoms with van der Waals surface area (Å²) in [5, 5.41) is 70.1. The Morgan fingerprint density at radius 2 is 1.74 bits per heavy atom. The molecule has 1 aliphatic carbocycles. The first-order chi connectivity index (χ1) is 16.2. The van der Waals surface area contributed by atoms with Gasteiger partial charge >= 0.3 is 0 Å². The molecule has 0 bridgehead atoms. The third-order valence-electron chi connectivity index (χ3n) is 5.87. The molecule has 11 heteroatoms. The molecule has 5 unspecified atom stereocenters. The lowest BCUT2D eigenvalue weighted by atomic mass is 9.85. The number of hydrogen-bond acceptors (Lipinski definition) is 11. The number of phenols is 3. The molecule has 1 fully saturated rings. The maximum absolute atomic E-state index is 13.4. The number of allylic oxidation sites excluding steroid dienone is 2. The first-order valence-electron chi connectivity index (χ1n) is 10.3. The van der Waals surface area contributed by atoms with Crippen LogP contribution in [0.3, 0.4) is 0 Å². The molecular weight excluding hydrogens is 452 g/mol. The standard InChI is InChI=1S/C23H24O11/c1-32-15-6-9(2-3-13(15)26)12-5-10-4-11(25)7-14(27)17(10)19(29)22(12)34-23-21(31)20(30)18(28)16(8-24)33-23/h2-4,6-7,16,18,20-21,23-28,30-31H,5,8H2,1H3. The zero-order valence-electron chi connectivity index (χ0n) is 18.0. The van der Waals surface area contributed by atoms with Crippen molar-refractivity contribution in [1.29, 1.82) is 0 Å². The summed E-state index contributed by atoms with van der Waals surface area (Å²) in [6.07, 6.45) is -8.05. The van der Waals surface area contributed by atoms with E-state index in [9.17, 15) is 40.5 Å². The molecule has 2 aromatic rings. The number of phenolic OH excluding ortho intramolecular Hbond substituents is 3. The molecule has 182 valence electrons. The lowest BCUT2D eigenvalue weighted by molar-refractivity contribution is -0.290. The van der Waals surface area contributed by atoms with Crippen LogP contribution >= 0.6 is 0 Å². The summed E-state index contributed by atoms with van der Waals surface area (Å²) < 4.78 is 16.2. The quantitative estimate of drug-likeness (QED) is 0.302. The Morgan fingerprint density at radius 3 is 2.41 bits per heavy atom. The zero-order chi connectivity index (χ0) is 24.7. The third-order valence-corrected chi connectivity index (χ3v) is 5.87. The summed E-state index contributed by atoms with van der Waals surface area (Å²) in [6, 6.07) is 6.59. The van der Waals surface area contributed by atoms with Gasteiger partial charge in [-0.2, -0.15) is 0 Å². The zero-order valence-corrected chi connectivity index (χ0v) is 18.0. The van der Waals surface area contributed by atoms with Gasteiger partial charge in [0.05, 0.1) is 19.3 Å². The molecule has 0 saturated carbocycles. The summed E-state index contributed by atoms with van der Waals surface area (Å²) >= 11 is 0. The number of Topliss-reactive ketones (excluding diaryl/α,β-unsaturated/α-hetero) is 1. The molecule has 11 nitrogen and oxygen atoms in total. The van der Waals surface area contributed by atoms with Crippen molar-refractivity contribution in [2.75, 3.05) is 13.7 Å². The Morgan fingerprint density at radius 1 is 1.00 bits per heavy atom. The number of carbonyl (C=O) groups excluding carboxylic acids is 1. The maximum atomic E-state index is 13.4. The van der Waals surface area contributed by atoms with E-state index in [4.69, 9.17) is 14.2 Å². The number of aliphatic hydroxyl groups is 4. The highest BCUT2D eigenvalue weighted by Gasteiger charge is 2.46. The molecular formula is C23H24O11. The molecule has 5 atom stereocenters. The number of hydrogen-bond donors (Lipinski definition) is 7. The molecule has 1 saturated heterocycles. The molecule has 4 rings (SSSR count). The maximum Gasteiger partial charge on any atom is 0.232 e. The summed E-state index contributed by atoms with van der Waals surface area (Å²) in [5.74, 6) is -1.93. The van der Waals surface area contributed by atoms with Gasteiger partial charge in [-0.1, -0.05) is 6.07 Å². The van der Waals surface area contributed by atoms with Crippen LogP contribution < -0.4 is 4.74 Å². The number of ether oxygens (including phenoxy) is 3. The monoisotopic (exact) mass is 476 g/mol. The van der Waals surface area contributed by atoms with Gasteiger partial charge in [0.2, 0.25) is 12.1 Å². The Kier molecular flexibility index (Phi) is 6.39. The van der Waals surface area contributed by atoms with E-state index < -0.39 is 48.8 Å². The highest BCUT2D eigenvalue weighted by atomic mass is 16.7. The van der Waals surface area contributed by atoms with Crippen LogP contribution in [0.2, 0.25) is 0 Å². The van der Waals surface area contributed by atoms with Crippen LogP contribution in [0.15, 0.2) is 36.1 Å². The van der Waals surface area contributed by atoms with Gasteiger partial charge in [0.15, 0.2) is 17.3 Å². The van der Waals surface area contributed by atoms with Gasteiger partial charge in [0.25, 0.3) is 0 Å². The van der Waals surface area contributed by atoms with E-state index in [1.807, 2.05) is 0 Å². The number of ketones is 1. The topological polar surface area (TPSA) is 186 Å². The predicted octanol–water partition coefficient (Wildman–Crippen LogP) is -0.221. The van der Waals surface area contributed by atoms with Crippen LogP contribution in [0.5, 0.6) is 23.0 Å². The molecule has 2 aliphatic rings. The fourth-order valence-electron chi connectivity index (χ4n) is 4.10. The molecule has 0 spiro atoms. The fraction of sp³-hybridized carbons (Fsp3) is 0.348. The van der Waals surface area contributed by atoms with Crippen molar-refractivity contribution in [3.8, 4) is 23.0 Å². The van der Waals surface area contributed by atoms with Crippen LogP contribution in [0, 0.1) is 0 Å². The largest absolute Gasteiger partial charge is 0.508 e. The van der Waals surface area contributed by atoms with E-state index in [-0.39, 0.29) is 40.6 Å².